The summed E-state index contributed by atoms with van der Waals surface area (Å²) < 4.78 is 17.2. The number of esters is 2. The maximum Gasteiger partial charge on any atom is 0.352 e. The van der Waals surface area contributed by atoms with Crippen molar-refractivity contribution in [1.82, 2.24) is 10.2 Å². The van der Waals surface area contributed by atoms with Gasteiger partial charge in [0.2, 0.25) is 5.91 Å². The van der Waals surface area contributed by atoms with Crippen LogP contribution in [-0.2, 0) is 40.5 Å². The fraction of sp³-hybridized carbons (Fsp3) is 0.571. The van der Waals surface area contributed by atoms with Crippen LogP contribution in [-0.4, -0.2) is 93.6 Å². The molecule has 4 aliphatic rings. The van der Waals surface area contributed by atoms with E-state index in [1.54, 1.807) is 12.1 Å². The molecule has 0 saturated carbocycles. The second-order valence-corrected chi connectivity index (χ2v) is 11.4. The number of carboxylic acids is 1. The number of likely N-dealkylation sites (tertiary alicyclic amines) is 1. The number of ether oxygens (including phenoxy) is 3. The number of phenolic OH excluding ortho intramolecular Hbond substituents is 1. The topological polar surface area (TPSA) is 198 Å². The van der Waals surface area contributed by atoms with E-state index in [1.807, 2.05) is 13.1 Å². The number of hydrogen-bond donors (Lipinski definition) is 5. The molecule has 7 atom stereocenters. The van der Waals surface area contributed by atoms with Crippen molar-refractivity contribution in [3.63, 3.8) is 0 Å². The fourth-order valence-electron chi connectivity index (χ4n) is 6.74. The number of aromatic hydroxyl groups is 1. The minimum absolute atomic E-state index is 0.0544. The third-order valence-corrected chi connectivity index (χ3v) is 8.93. The van der Waals surface area contributed by atoms with Gasteiger partial charge in [-0.2, -0.15) is 0 Å². The Balaban J connectivity index is 1.27. The van der Waals surface area contributed by atoms with E-state index in [0.29, 0.717) is 19.4 Å². The summed E-state index contributed by atoms with van der Waals surface area (Å²) in [5.74, 6) is -3.19. The molecule has 1 aromatic rings. The number of nitrogens with one attached hydrogen (secondary N) is 1. The number of aliphatic hydroxyl groups is 1. The first-order valence-electron chi connectivity index (χ1n) is 13.6. The molecule has 2 bridgehead atoms. The number of carbonyl (C=O) groups is 4. The van der Waals surface area contributed by atoms with Crippen molar-refractivity contribution in [2.24, 2.45) is 5.73 Å². The van der Waals surface area contributed by atoms with Crippen LogP contribution in [0.4, 0.5) is 0 Å². The predicted octanol–water partition coefficient (Wildman–Crippen LogP) is -0.158. The molecule has 6 N–H and O–H groups in total. The van der Waals surface area contributed by atoms with E-state index >= 15 is 0 Å². The molecule has 1 saturated heterocycles. The molecule has 1 aromatic carbocycles. The van der Waals surface area contributed by atoms with Gasteiger partial charge in [-0.25, -0.2) is 9.59 Å². The van der Waals surface area contributed by atoms with Gasteiger partial charge in [-0.15, -0.1) is 0 Å². The molecular formula is C28H35N3O10. The summed E-state index contributed by atoms with van der Waals surface area (Å²) in [7, 11) is 1.97. The quantitative estimate of drug-likeness (QED) is 0.245. The van der Waals surface area contributed by atoms with E-state index in [-0.39, 0.29) is 42.6 Å². The van der Waals surface area contributed by atoms with Gasteiger partial charge >= 0.3 is 17.9 Å². The van der Waals surface area contributed by atoms with E-state index in [9.17, 15) is 29.4 Å². The van der Waals surface area contributed by atoms with Gasteiger partial charge in [0, 0.05) is 24.4 Å². The molecule has 2 aliphatic carbocycles. The summed E-state index contributed by atoms with van der Waals surface area (Å²) in [6.07, 6.45) is 0.391. The number of aliphatic carboxylic acids is 1. The van der Waals surface area contributed by atoms with Gasteiger partial charge in [0.05, 0.1) is 11.0 Å². The molecule has 1 spiro atoms. The highest BCUT2D eigenvalue weighted by Gasteiger charge is 2.72. The monoisotopic (exact) mass is 573 g/mol. The molecule has 1 fully saturated rings. The maximum atomic E-state index is 13.1. The van der Waals surface area contributed by atoms with Crippen LogP contribution < -0.4 is 15.8 Å². The SMILES string of the molecule is C[C@H](NC(=O)CC[C@H](N)C(=O)O)C(=O)O[C@@H](C)C(=O)OC1=CC[C@@]2(O)[C@@H]3Cc4ccc(O)c5c4[C@@]2(CCN3C)[C@H]1O5. The first-order chi connectivity index (χ1) is 19.3. The number of nitrogens with two attached hydrogens (primary N) is 1. The lowest BCUT2D eigenvalue weighted by Gasteiger charge is -2.61. The van der Waals surface area contributed by atoms with Crippen LogP contribution in [0.25, 0.3) is 0 Å². The average Bonchev–Trinajstić information content (AvgIpc) is 3.28. The van der Waals surface area contributed by atoms with Gasteiger partial charge in [0.25, 0.3) is 0 Å². The Kier molecular flexibility index (Phi) is 7.24. The van der Waals surface area contributed by atoms with Crippen molar-refractivity contribution in [1.29, 1.82) is 0 Å². The Morgan fingerprint density at radius 1 is 1.24 bits per heavy atom. The molecule has 0 unspecified atom stereocenters. The molecule has 0 radical (unpaired) electrons. The van der Waals surface area contributed by atoms with Crippen LogP contribution in [0.3, 0.4) is 0 Å². The number of benzene rings is 1. The van der Waals surface area contributed by atoms with Gasteiger partial charge in [0.1, 0.15) is 17.8 Å². The van der Waals surface area contributed by atoms with Gasteiger partial charge in [-0.3, -0.25) is 9.59 Å². The summed E-state index contributed by atoms with van der Waals surface area (Å²) in [4.78, 5) is 50.6. The lowest BCUT2D eigenvalue weighted by atomic mass is 9.50. The number of likely N-dealkylation sites (N-methyl/N-ethyl adjacent to an activating group) is 1. The fourth-order valence-corrected chi connectivity index (χ4v) is 6.74. The highest BCUT2D eigenvalue weighted by molar-refractivity contribution is 5.86. The second-order valence-electron chi connectivity index (χ2n) is 11.4. The summed E-state index contributed by atoms with van der Waals surface area (Å²) in [6, 6.07) is 0.895. The van der Waals surface area contributed by atoms with Crippen LogP contribution in [0.15, 0.2) is 24.0 Å². The Bertz CT molecular complexity index is 1330. The Morgan fingerprint density at radius 2 is 1.98 bits per heavy atom. The van der Waals surface area contributed by atoms with Crippen molar-refractivity contribution < 1.29 is 48.7 Å². The first-order valence-corrected chi connectivity index (χ1v) is 13.6. The Hall–Kier alpha value is -3.68. The lowest BCUT2D eigenvalue weighted by molar-refractivity contribution is -0.176. The normalized spacial score (nSPS) is 29.6. The van der Waals surface area contributed by atoms with E-state index in [2.05, 4.69) is 10.2 Å². The predicted molar refractivity (Wildman–Crippen MR) is 141 cm³/mol. The van der Waals surface area contributed by atoms with E-state index < -0.39 is 59.1 Å². The van der Waals surface area contributed by atoms with Crippen LogP contribution in [0, 0.1) is 0 Å². The average molecular weight is 574 g/mol. The van der Waals surface area contributed by atoms with Gasteiger partial charge < -0.3 is 45.5 Å². The number of phenols is 1. The molecule has 1 amide bonds. The van der Waals surface area contributed by atoms with Crippen molar-refractivity contribution in [3.05, 3.63) is 35.1 Å². The van der Waals surface area contributed by atoms with Crippen LogP contribution in [0.5, 0.6) is 11.5 Å². The molecule has 0 aromatic heterocycles. The van der Waals surface area contributed by atoms with Crippen molar-refractivity contribution >= 4 is 23.8 Å². The summed E-state index contributed by atoms with van der Waals surface area (Å²) in [6.45, 7) is 3.37. The largest absolute Gasteiger partial charge is 0.504 e. The summed E-state index contributed by atoms with van der Waals surface area (Å²) >= 11 is 0. The summed E-state index contributed by atoms with van der Waals surface area (Å²) in [5.41, 5.74) is 4.97. The Morgan fingerprint density at radius 3 is 2.68 bits per heavy atom. The molecule has 5 rings (SSSR count). The first kappa shape index (κ1) is 28.8. The van der Waals surface area contributed by atoms with E-state index in [1.165, 1.54) is 13.8 Å². The highest BCUT2D eigenvalue weighted by Crippen LogP contribution is 2.65. The smallest absolute Gasteiger partial charge is 0.352 e. The second kappa shape index (κ2) is 10.3. The number of hydrogen-bond acceptors (Lipinski definition) is 11. The highest BCUT2D eigenvalue weighted by atomic mass is 16.6. The molecule has 13 heteroatoms. The molecule has 41 heavy (non-hydrogen) atoms. The minimum Gasteiger partial charge on any atom is -0.504 e. The molecule has 2 heterocycles. The van der Waals surface area contributed by atoms with E-state index in [0.717, 1.165) is 11.1 Å². The molecule has 2 aliphatic heterocycles. The lowest BCUT2D eigenvalue weighted by Crippen LogP contribution is -2.74. The van der Waals surface area contributed by atoms with Gasteiger partial charge in [-0.05, 0) is 64.4 Å². The number of piperidine rings is 1. The van der Waals surface area contributed by atoms with Crippen LogP contribution in [0.2, 0.25) is 0 Å². The van der Waals surface area contributed by atoms with Crippen molar-refractivity contribution in [2.45, 2.75) is 87.3 Å². The Labute approximate surface area is 236 Å². The zero-order chi connectivity index (χ0) is 29.9. The minimum atomic E-state index is -1.34. The zero-order valence-corrected chi connectivity index (χ0v) is 23.1. The number of amides is 1. The number of nitrogens with zero attached hydrogens (tertiary/aromatic N) is 1. The third-order valence-electron chi connectivity index (χ3n) is 8.93. The summed E-state index contributed by atoms with van der Waals surface area (Å²) in [5, 5.41) is 34.0. The number of rotatable bonds is 9. The number of carboxylic acid groups (broad SMARTS) is 1. The van der Waals surface area contributed by atoms with Crippen LogP contribution in [0.1, 0.15) is 50.7 Å². The van der Waals surface area contributed by atoms with Gasteiger partial charge in [0.15, 0.2) is 23.7 Å². The van der Waals surface area contributed by atoms with Crippen molar-refractivity contribution in [2.75, 3.05) is 13.6 Å². The molecule has 13 nitrogen and oxygen atoms in total. The van der Waals surface area contributed by atoms with Crippen molar-refractivity contribution in [3.8, 4) is 11.5 Å². The zero-order valence-electron chi connectivity index (χ0n) is 23.1. The van der Waals surface area contributed by atoms with Crippen LogP contribution >= 0.6 is 0 Å². The van der Waals surface area contributed by atoms with E-state index in [4.69, 9.17) is 25.1 Å². The molecule has 222 valence electrons. The number of carbonyl (C=O) groups excluding carboxylic acids is 3. The third kappa shape index (κ3) is 4.52. The standard InChI is InChI=1S/C28H35N3O10/c1-13(30-20(33)7-5-16(29)24(34)35)25(36)39-14(2)26(37)40-18-8-9-28(38)19-12-15-4-6-17(32)22-21(15)27(28,23(18)41-22)10-11-31(19)3/h4,6,8,13-14,16,19,23,32,38H,5,7,9-12,29H2,1-3H3,(H,30,33)(H,34,35)/t13-,14-,16-,19-,23-,27-,28+/m0/s1. The van der Waals surface area contributed by atoms with Gasteiger partial charge in [-0.1, -0.05) is 6.07 Å². The maximum absolute atomic E-state index is 13.1. The molecular weight excluding hydrogens is 538 g/mol.